The molecule has 0 bridgehead atoms. The predicted molar refractivity (Wildman–Crippen MR) is 58.3 cm³/mol. The van der Waals surface area contributed by atoms with E-state index in [-0.39, 0.29) is 0 Å². The van der Waals surface area contributed by atoms with E-state index in [1.54, 1.807) is 0 Å². The summed E-state index contributed by atoms with van der Waals surface area (Å²) in [4.78, 5) is 0. The third kappa shape index (κ3) is 3.97. The summed E-state index contributed by atoms with van der Waals surface area (Å²) in [6.07, 6.45) is 5.53. The van der Waals surface area contributed by atoms with Gasteiger partial charge in [-0.1, -0.05) is 13.8 Å². The maximum absolute atomic E-state index is 5.74. The summed E-state index contributed by atoms with van der Waals surface area (Å²) in [6, 6.07) is 0.817. The summed E-state index contributed by atoms with van der Waals surface area (Å²) in [7, 11) is 0. The van der Waals surface area contributed by atoms with Gasteiger partial charge in [0.25, 0.3) is 0 Å². The molecule has 2 heteroatoms. The van der Waals surface area contributed by atoms with Crippen LogP contribution in [0.25, 0.3) is 0 Å². The van der Waals surface area contributed by atoms with E-state index in [0.717, 1.165) is 31.7 Å². The number of rotatable bonds is 7. The van der Waals surface area contributed by atoms with Crippen molar-refractivity contribution in [1.29, 1.82) is 0 Å². The summed E-state index contributed by atoms with van der Waals surface area (Å²) in [6.45, 7) is 7.57. The SMILES string of the molecule is CC(C)(CNC1CC1)COCC1CC1. The molecule has 2 nitrogen and oxygen atoms in total. The molecule has 0 unspecified atom stereocenters. The summed E-state index contributed by atoms with van der Waals surface area (Å²) in [5, 5.41) is 3.57. The maximum atomic E-state index is 5.74. The first-order chi connectivity index (χ1) is 6.66. The molecule has 0 aromatic carbocycles. The molecule has 2 aliphatic rings. The van der Waals surface area contributed by atoms with Gasteiger partial charge in [0.2, 0.25) is 0 Å². The summed E-state index contributed by atoms with van der Waals surface area (Å²) in [5.74, 6) is 0.891. The normalized spacial score (nSPS) is 22.7. The monoisotopic (exact) mass is 197 g/mol. The highest BCUT2D eigenvalue weighted by atomic mass is 16.5. The van der Waals surface area contributed by atoms with Crippen molar-refractivity contribution in [3.05, 3.63) is 0 Å². The van der Waals surface area contributed by atoms with Crippen molar-refractivity contribution < 1.29 is 4.74 Å². The Kier molecular flexibility index (Phi) is 3.13. The minimum Gasteiger partial charge on any atom is -0.381 e. The Morgan fingerprint density at radius 1 is 1.21 bits per heavy atom. The molecule has 0 saturated heterocycles. The van der Waals surface area contributed by atoms with Crippen LogP contribution in [0.4, 0.5) is 0 Å². The van der Waals surface area contributed by atoms with Crippen LogP contribution in [0.5, 0.6) is 0 Å². The third-order valence-corrected chi connectivity index (χ3v) is 2.99. The van der Waals surface area contributed by atoms with Crippen molar-refractivity contribution >= 4 is 0 Å². The average Bonchev–Trinajstić information content (AvgIpc) is 2.97. The molecule has 1 N–H and O–H groups in total. The molecular weight excluding hydrogens is 174 g/mol. The topological polar surface area (TPSA) is 21.3 Å². The highest BCUT2D eigenvalue weighted by Gasteiger charge is 2.26. The minimum absolute atomic E-state index is 0.303. The third-order valence-electron chi connectivity index (χ3n) is 2.99. The van der Waals surface area contributed by atoms with Crippen LogP contribution in [0, 0.1) is 11.3 Å². The number of nitrogens with one attached hydrogen (secondary N) is 1. The molecule has 0 heterocycles. The molecular formula is C12H23NO. The molecule has 2 aliphatic carbocycles. The molecule has 82 valence electrons. The number of ether oxygens (including phenoxy) is 1. The predicted octanol–water partition coefficient (Wildman–Crippen LogP) is 2.19. The highest BCUT2D eigenvalue weighted by Crippen LogP contribution is 2.29. The molecule has 0 aromatic heterocycles. The fraction of sp³-hybridized carbons (Fsp3) is 1.00. The molecule has 2 saturated carbocycles. The van der Waals surface area contributed by atoms with Crippen LogP contribution in [0.2, 0.25) is 0 Å². The van der Waals surface area contributed by atoms with E-state index in [2.05, 4.69) is 19.2 Å². The van der Waals surface area contributed by atoms with Crippen molar-refractivity contribution in [3.63, 3.8) is 0 Å². The Balaban J connectivity index is 1.54. The second kappa shape index (κ2) is 4.19. The van der Waals surface area contributed by atoms with Gasteiger partial charge in [0, 0.05) is 24.6 Å². The zero-order valence-electron chi connectivity index (χ0n) is 9.51. The lowest BCUT2D eigenvalue weighted by Gasteiger charge is -2.24. The zero-order chi connectivity index (χ0) is 10.0. The largest absolute Gasteiger partial charge is 0.381 e. The Bertz CT molecular complexity index is 183. The van der Waals surface area contributed by atoms with Gasteiger partial charge in [-0.15, -0.1) is 0 Å². The van der Waals surface area contributed by atoms with Crippen molar-refractivity contribution in [3.8, 4) is 0 Å². The lowest BCUT2D eigenvalue weighted by molar-refractivity contribution is 0.0555. The van der Waals surface area contributed by atoms with E-state index in [9.17, 15) is 0 Å². The quantitative estimate of drug-likeness (QED) is 0.675. The summed E-state index contributed by atoms with van der Waals surface area (Å²) < 4.78 is 5.74. The lowest BCUT2D eigenvalue weighted by atomic mass is 9.95. The first-order valence-corrected chi connectivity index (χ1v) is 5.97. The lowest BCUT2D eigenvalue weighted by Crippen LogP contribution is -2.34. The van der Waals surface area contributed by atoms with Crippen LogP contribution < -0.4 is 5.32 Å². The van der Waals surface area contributed by atoms with Crippen molar-refractivity contribution in [1.82, 2.24) is 5.32 Å². The Morgan fingerprint density at radius 2 is 1.93 bits per heavy atom. The first kappa shape index (κ1) is 10.4. The average molecular weight is 197 g/mol. The van der Waals surface area contributed by atoms with Crippen LogP contribution in [0.15, 0.2) is 0 Å². The smallest absolute Gasteiger partial charge is 0.0529 e. The van der Waals surface area contributed by atoms with Gasteiger partial charge in [0.05, 0.1) is 6.61 Å². The molecule has 14 heavy (non-hydrogen) atoms. The van der Waals surface area contributed by atoms with Crippen LogP contribution in [0.3, 0.4) is 0 Å². The highest BCUT2D eigenvalue weighted by molar-refractivity contribution is 4.84. The van der Waals surface area contributed by atoms with E-state index in [4.69, 9.17) is 4.74 Å². The fourth-order valence-corrected chi connectivity index (χ4v) is 1.55. The number of hydrogen-bond donors (Lipinski definition) is 1. The van der Waals surface area contributed by atoms with Gasteiger partial charge in [0.15, 0.2) is 0 Å². The van der Waals surface area contributed by atoms with E-state index in [1.807, 2.05) is 0 Å². The Labute approximate surface area is 87.4 Å². The molecule has 0 aliphatic heterocycles. The zero-order valence-corrected chi connectivity index (χ0v) is 9.51. The molecule has 0 amide bonds. The summed E-state index contributed by atoms with van der Waals surface area (Å²) >= 11 is 0. The van der Waals surface area contributed by atoms with E-state index in [1.165, 1.54) is 25.7 Å². The minimum atomic E-state index is 0.303. The van der Waals surface area contributed by atoms with E-state index >= 15 is 0 Å². The van der Waals surface area contributed by atoms with Gasteiger partial charge in [-0.2, -0.15) is 0 Å². The molecule has 0 spiro atoms. The van der Waals surface area contributed by atoms with E-state index in [0.29, 0.717) is 5.41 Å². The van der Waals surface area contributed by atoms with Crippen LogP contribution >= 0.6 is 0 Å². The van der Waals surface area contributed by atoms with Gasteiger partial charge < -0.3 is 10.1 Å². The molecule has 0 radical (unpaired) electrons. The number of hydrogen-bond acceptors (Lipinski definition) is 2. The molecule has 0 atom stereocenters. The maximum Gasteiger partial charge on any atom is 0.0529 e. The van der Waals surface area contributed by atoms with Crippen molar-refractivity contribution in [2.45, 2.75) is 45.6 Å². The second-order valence-electron chi connectivity index (χ2n) is 5.78. The second-order valence-corrected chi connectivity index (χ2v) is 5.78. The van der Waals surface area contributed by atoms with Crippen molar-refractivity contribution in [2.75, 3.05) is 19.8 Å². The van der Waals surface area contributed by atoms with Crippen LogP contribution in [-0.2, 0) is 4.74 Å². The Hall–Kier alpha value is -0.0800. The van der Waals surface area contributed by atoms with Crippen LogP contribution in [-0.4, -0.2) is 25.8 Å². The summed E-state index contributed by atoms with van der Waals surface area (Å²) in [5.41, 5.74) is 0.303. The first-order valence-electron chi connectivity index (χ1n) is 5.97. The van der Waals surface area contributed by atoms with E-state index < -0.39 is 0 Å². The fourth-order valence-electron chi connectivity index (χ4n) is 1.55. The van der Waals surface area contributed by atoms with Gasteiger partial charge in [-0.05, 0) is 31.6 Å². The van der Waals surface area contributed by atoms with Crippen molar-refractivity contribution in [2.24, 2.45) is 11.3 Å². The van der Waals surface area contributed by atoms with Gasteiger partial charge >= 0.3 is 0 Å². The molecule has 0 aromatic rings. The van der Waals surface area contributed by atoms with Gasteiger partial charge in [0.1, 0.15) is 0 Å². The molecule has 2 fully saturated rings. The van der Waals surface area contributed by atoms with Gasteiger partial charge in [-0.25, -0.2) is 0 Å². The van der Waals surface area contributed by atoms with Gasteiger partial charge in [-0.3, -0.25) is 0 Å². The Morgan fingerprint density at radius 3 is 2.50 bits per heavy atom. The molecule has 2 rings (SSSR count). The van der Waals surface area contributed by atoms with Crippen LogP contribution in [0.1, 0.15) is 39.5 Å². The standard InChI is InChI=1S/C12H23NO/c1-12(2,8-13-11-5-6-11)9-14-7-10-3-4-10/h10-11,13H,3-9H2,1-2H3.